The van der Waals surface area contributed by atoms with Gasteiger partial charge in [-0.05, 0) is 47.5 Å². The van der Waals surface area contributed by atoms with Crippen molar-refractivity contribution in [2.45, 2.75) is 20.3 Å². The van der Waals surface area contributed by atoms with Crippen molar-refractivity contribution in [1.82, 2.24) is 4.98 Å². The first-order chi connectivity index (χ1) is 9.04. The molecule has 1 N–H and O–H groups in total. The lowest BCUT2D eigenvalue weighted by atomic mass is 10.1. The van der Waals surface area contributed by atoms with Gasteiger partial charge >= 0.3 is 0 Å². The van der Waals surface area contributed by atoms with Crippen LogP contribution in [0.2, 0.25) is 0 Å². The van der Waals surface area contributed by atoms with Crippen molar-refractivity contribution in [2.75, 3.05) is 5.32 Å². The topological polar surface area (TPSA) is 42.0 Å². The maximum absolute atomic E-state index is 11.9. The minimum absolute atomic E-state index is 0.0573. The molecule has 0 saturated carbocycles. The molecule has 2 aromatic rings. The van der Waals surface area contributed by atoms with E-state index in [0.29, 0.717) is 12.2 Å². The van der Waals surface area contributed by atoms with E-state index >= 15 is 0 Å². The molecule has 0 radical (unpaired) electrons. The van der Waals surface area contributed by atoms with E-state index in [-0.39, 0.29) is 5.91 Å². The van der Waals surface area contributed by atoms with E-state index in [9.17, 15) is 4.79 Å². The highest BCUT2D eigenvalue weighted by Gasteiger charge is 2.06. The number of hydrogen-bond acceptors (Lipinski definition) is 2. The third-order valence-electron chi connectivity index (χ3n) is 2.77. The lowest BCUT2D eigenvalue weighted by Gasteiger charge is -2.06. The highest BCUT2D eigenvalue weighted by atomic mass is 79.9. The summed E-state index contributed by atoms with van der Waals surface area (Å²) >= 11 is 3.38. The number of halogens is 1. The van der Waals surface area contributed by atoms with Gasteiger partial charge in [0.2, 0.25) is 5.91 Å². The minimum Gasteiger partial charge on any atom is -0.310 e. The summed E-state index contributed by atoms with van der Waals surface area (Å²) in [6.45, 7) is 3.91. The van der Waals surface area contributed by atoms with Crippen LogP contribution < -0.4 is 5.32 Å². The average Bonchev–Trinajstić information content (AvgIpc) is 2.37. The Bertz CT molecular complexity index is 594. The normalized spacial score (nSPS) is 10.3. The van der Waals surface area contributed by atoms with Gasteiger partial charge in [0.15, 0.2) is 0 Å². The standard InChI is InChI=1S/C15H15BrN2O/c1-10-3-5-12(6-4-10)9-15(19)18-14-8-7-13(16)11(2)17-14/h3-8H,9H2,1-2H3,(H,17,18,19). The van der Waals surface area contributed by atoms with Crippen molar-refractivity contribution in [2.24, 2.45) is 0 Å². The Balaban J connectivity index is 2.01. The molecular weight excluding hydrogens is 304 g/mol. The summed E-state index contributed by atoms with van der Waals surface area (Å²) in [5, 5.41) is 2.80. The van der Waals surface area contributed by atoms with Crippen LogP contribution in [0.5, 0.6) is 0 Å². The summed E-state index contributed by atoms with van der Waals surface area (Å²) in [5.41, 5.74) is 3.04. The smallest absolute Gasteiger partial charge is 0.229 e. The van der Waals surface area contributed by atoms with Gasteiger partial charge in [0.1, 0.15) is 5.82 Å². The first kappa shape index (κ1) is 13.7. The van der Waals surface area contributed by atoms with E-state index in [1.807, 2.05) is 44.2 Å². The molecule has 1 heterocycles. The van der Waals surface area contributed by atoms with Crippen LogP contribution in [-0.4, -0.2) is 10.9 Å². The van der Waals surface area contributed by atoms with Crippen LogP contribution in [-0.2, 0) is 11.2 Å². The number of amides is 1. The molecule has 1 amide bonds. The SMILES string of the molecule is Cc1ccc(CC(=O)Nc2ccc(Br)c(C)n2)cc1. The first-order valence-electron chi connectivity index (χ1n) is 6.03. The zero-order chi connectivity index (χ0) is 13.8. The number of carbonyl (C=O) groups excluding carboxylic acids is 1. The quantitative estimate of drug-likeness (QED) is 0.938. The minimum atomic E-state index is -0.0573. The largest absolute Gasteiger partial charge is 0.310 e. The van der Waals surface area contributed by atoms with Gasteiger partial charge in [0.05, 0.1) is 12.1 Å². The van der Waals surface area contributed by atoms with Gasteiger partial charge < -0.3 is 5.32 Å². The fourth-order valence-corrected chi connectivity index (χ4v) is 1.91. The second kappa shape index (κ2) is 5.97. The van der Waals surface area contributed by atoms with E-state index < -0.39 is 0 Å². The molecule has 0 atom stereocenters. The van der Waals surface area contributed by atoms with Gasteiger partial charge in [0.25, 0.3) is 0 Å². The number of aryl methyl sites for hydroxylation is 2. The number of aromatic nitrogens is 1. The second-order valence-electron chi connectivity index (χ2n) is 4.47. The molecule has 0 bridgehead atoms. The van der Waals surface area contributed by atoms with Gasteiger partial charge in [-0.1, -0.05) is 29.8 Å². The number of nitrogens with one attached hydrogen (secondary N) is 1. The molecule has 1 aromatic carbocycles. The van der Waals surface area contributed by atoms with E-state index in [1.54, 1.807) is 6.07 Å². The third-order valence-corrected chi connectivity index (χ3v) is 3.61. The molecule has 3 nitrogen and oxygen atoms in total. The molecule has 2 rings (SSSR count). The molecular formula is C15H15BrN2O. The van der Waals surface area contributed by atoms with E-state index in [2.05, 4.69) is 26.2 Å². The van der Waals surface area contributed by atoms with E-state index in [4.69, 9.17) is 0 Å². The maximum Gasteiger partial charge on any atom is 0.229 e. The number of nitrogens with zero attached hydrogens (tertiary/aromatic N) is 1. The monoisotopic (exact) mass is 318 g/mol. The van der Waals surface area contributed by atoms with Crippen LogP contribution in [0.3, 0.4) is 0 Å². The third kappa shape index (κ3) is 3.89. The molecule has 0 aliphatic heterocycles. The summed E-state index contributed by atoms with van der Waals surface area (Å²) in [4.78, 5) is 16.2. The van der Waals surface area contributed by atoms with Crippen molar-refractivity contribution < 1.29 is 4.79 Å². The summed E-state index contributed by atoms with van der Waals surface area (Å²) < 4.78 is 0.934. The number of anilines is 1. The summed E-state index contributed by atoms with van der Waals surface area (Å²) in [6, 6.07) is 11.6. The van der Waals surface area contributed by atoms with Crippen molar-refractivity contribution in [1.29, 1.82) is 0 Å². The predicted molar refractivity (Wildman–Crippen MR) is 80.2 cm³/mol. The van der Waals surface area contributed by atoms with Crippen LogP contribution in [0.4, 0.5) is 5.82 Å². The lowest BCUT2D eigenvalue weighted by molar-refractivity contribution is -0.115. The van der Waals surface area contributed by atoms with Crippen molar-refractivity contribution in [3.8, 4) is 0 Å². The van der Waals surface area contributed by atoms with Crippen molar-refractivity contribution in [3.05, 3.63) is 57.7 Å². The molecule has 0 saturated heterocycles. The molecule has 0 aliphatic rings. The van der Waals surface area contributed by atoms with Crippen LogP contribution in [0.25, 0.3) is 0 Å². The van der Waals surface area contributed by atoms with Crippen molar-refractivity contribution in [3.63, 3.8) is 0 Å². The Morgan fingerprint density at radius 2 is 1.84 bits per heavy atom. The Morgan fingerprint density at radius 3 is 2.47 bits per heavy atom. The van der Waals surface area contributed by atoms with Gasteiger partial charge in [-0.3, -0.25) is 4.79 Å². The Morgan fingerprint density at radius 1 is 1.16 bits per heavy atom. The zero-order valence-electron chi connectivity index (χ0n) is 10.9. The fraction of sp³-hybridized carbons (Fsp3) is 0.200. The van der Waals surface area contributed by atoms with Gasteiger partial charge in [-0.2, -0.15) is 0 Å². The van der Waals surface area contributed by atoms with Crippen LogP contribution in [0.1, 0.15) is 16.8 Å². The molecule has 0 unspecified atom stereocenters. The van der Waals surface area contributed by atoms with Crippen molar-refractivity contribution >= 4 is 27.7 Å². The number of pyridine rings is 1. The van der Waals surface area contributed by atoms with Gasteiger partial charge in [-0.15, -0.1) is 0 Å². The summed E-state index contributed by atoms with van der Waals surface area (Å²) in [5.74, 6) is 0.524. The number of rotatable bonds is 3. The molecule has 0 spiro atoms. The summed E-state index contributed by atoms with van der Waals surface area (Å²) in [7, 11) is 0. The first-order valence-corrected chi connectivity index (χ1v) is 6.82. The Kier molecular flexibility index (Phi) is 4.32. The fourth-order valence-electron chi connectivity index (χ4n) is 1.69. The molecule has 0 aliphatic carbocycles. The highest BCUT2D eigenvalue weighted by Crippen LogP contribution is 2.16. The highest BCUT2D eigenvalue weighted by molar-refractivity contribution is 9.10. The molecule has 98 valence electrons. The number of benzene rings is 1. The predicted octanol–water partition coefficient (Wildman–Crippen LogP) is 3.64. The molecule has 4 heteroatoms. The van der Waals surface area contributed by atoms with Crippen LogP contribution in [0, 0.1) is 13.8 Å². The van der Waals surface area contributed by atoms with E-state index in [0.717, 1.165) is 15.7 Å². The van der Waals surface area contributed by atoms with Gasteiger partial charge in [0, 0.05) is 4.47 Å². The summed E-state index contributed by atoms with van der Waals surface area (Å²) in [6.07, 6.45) is 0.358. The molecule has 19 heavy (non-hydrogen) atoms. The number of carbonyl (C=O) groups is 1. The lowest BCUT2D eigenvalue weighted by Crippen LogP contribution is -2.15. The Labute approximate surface area is 121 Å². The molecule has 0 fully saturated rings. The second-order valence-corrected chi connectivity index (χ2v) is 5.33. The maximum atomic E-state index is 11.9. The average molecular weight is 319 g/mol. The van der Waals surface area contributed by atoms with Gasteiger partial charge in [-0.25, -0.2) is 4.98 Å². The molecule has 1 aromatic heterocycles. The van der Waals surface area contributed by atoms with Crippen LogP contribution in [0.15, 0.2) is 40.9 Å². The van der Waals surface area contributed by atoms with Crippen LogP contribution >= 0.6 is 15.9 Å². The Hall–Kier alpha value is -1.68. The van der Waals surface area contributed by atoms with E-state index in [1.165, 1.54) is 5.56 Å². The number of hydrogen-bond donors (Lipinski definition) is 1. The zero-order valence-corrected chi connectivity index (χ0v) is 12.5.